The van der Waals surface area contributed by atoms with E-state index in [9.17, 15) is 9.90 Å². The lowest BCUT2D eigenvalue weighted by Crippen LogP contribution is -2.32. The topological polar surface area (TPSA) is 55.8 Å². The molecule has 0 saturated heterocycles. The molecule has 0 heterocycles. The molecule has 0 bridgehead atoms. The molecule has 0 amide bonds. The largest absolute Gasteiger partial charge is 0.497 e. The summed E-state index contributed by atoms with van der Waals surface area (Å²) in [4.78, 5) is 11.3. The molecule has 0 saturated carbocycles. The SMILES string of the molecule is CC.COc1cc(OC)cc(C(C)(C)CC(C)(C)C(=O)O)c1. The van der Waals surface area contributed by atoms with E-state index in [4.69, 9.17) is 9.47 Å². The molecule has 1 N–H and O–H groups in total. The van der Waals surface area contributed by atoms with Crippen molar-refractivity contribution in [3.05, 3.63) is 23.8 Å². The highest BCUT2D eigenvalue weighted by atomic mass is 16.5. The molecule has 0 aliphatic carbocycles. The molecule has 1 aromatic rings. The zero-order valence-corrected chi connectivity index (χ0v) is 15.1. The number of carboxylic acid groups (broad SMARTS) is 1. The first-order chi connectivity index (χ1) is 10.1. The maximum Gasteiger partial charge on any atom is 0.309 e. The van der Waals surface area contributed by atoms with E-state index in [2.05, 4.69) is 0 Å². The Labute approximate surface area is 134 Å². The predicted molar refractivity (Wildman–Crippen MR) is 90.0 cm³/mol. The minimum atomic E-state index is -0.792. The van der Waals surface area contributed by atoms with Crippen molar-refractivity contribution in [3.63, 3.8) is 0 Å². The van der Waals surface area contributed by atoms with Crippen molar-refractivity contribution in [2.24, 2.45) is 5.41 Å². The third-order valence-corrected chi connectivity index (χ3v) is 3.60. The number of hydrogen-bond acceptors (Lipinski definition) is 3. The second-order valence-electron chi connectivity index (χ2n) is 6.35. The monoisotopic (exact) mass is 310 g/mol. The highest BCUT2D eigenvalue weighted by Crippen LogP contribution is 2.39. The van der Waals surface area contributed by atoms with Crippen molar-refractivity contribution in [3.8, 4) is 11.5 Å². The zero-order chi connectivity index (χ0) is 17.6. The Kier molecular flexibility index (Phi) is 7.44. The van der Waals surface area contributed by atoms with Crippen molar-refractivity contribution in [2.75, 3.05) is 14.2 Å². The van der Waals surface area contributed by atoms with Crippen LogP contribution in [0.15, 0.2) is 18.2 Å². The molecule has 1 aromatic carbocycles. The van der Waals surface area contributed by atoms with Gasteiger partial charge in [-0.15, -0.1) is 0 Å². The van der Waals surface area contributed by atoms with E-state index in [1.54, 1.807) is 28.1 Å². The van der Waals surface area contributed by atoms with Gasteiger partial charge in [-0.05, 0) is 43.4 Å². The number of carbonyl (C=O) groups is 1. The molecule has 0 radical (unpaired) electrons. The van der Waals surface area contributed by atoms with Gasteiger partial charge in [0.25, 0.3) is 0 Å². The van der Waals surface area contributed by atoms with Crippen LogP contribution >= 0.6 is 0 Å². The molecule has 126 valence electrons. The van der Waals surface area contributed by atoms with Gasteiger partial charge in [-0.2, -0.15) is 0 Å². The van der Waals surface area contributed by atoms with Gasteiger partial charge in [-0.3, -0.25) is 4.79 Å². The molecular formula is C18H30O4. The van der Waals surface area contributed by atoms with E-state index in [1.165, 1.54) is 0 Å². The highest BCUT2D eigenvalue weighted by molar-refractivity contribution is 5.73. The molecule has 0 atom stereocenters. The molecular weight excluding hydrogens is 280 g/mol. The van der Waals surface area contributed by atoms with Crippen LogP contribution in [0.5, 0.6) is 11.5 Å². The summed E-state index contributed by atoms with van der Waals surface area (Å²) in [6.45, 7) is 11.6. The number of hydrogen-bond donors (Lipinski definition) is 1. The first-order valence-corrected chi connectivity index (χ1v) is 7.59. The second-order valence-corrected chi connectivity index (χ2v) is 6.35. The molecule has 0 spiro atoms. The number of carboxylic acids is 1. The van der Waals surface area contributed by atoms with Crippen molar-refractivity contribution < 1.29 is 19.4 Å². The van der Waals surface area contributed by atoms with Crippen molar-refractivity contribution in [1.82, 2.24) is 0 Å². The van der Waals surface area contributed by atoms with Crippen molar-refractivity contribution in [1.29, 1.82) is 0 Å². The lowest BCUT2D eigenvalue weighted by molar-refractivity contribution is -0.148. The number of benzene rings is 1. The van der Waals surface area contributed by atoms with Crippen LogP contribution < -0.4 is 9.47 Å². The third kappa shape index (κ3) is 5.24. The molecule has 0 aromatic heterocycles. The first kappa shape index (κ1) is 20.3. The van der Waals surface area contributed by atoms with Crippen LogP contribution in [0.1, 0.15) is 53.5 Å². The van der Waals surface area contributed by atoms with Gasteiger partial charge in [-0.1, -0.05) is 27.7 Å². The fourth-order valence-electron chi connectivity index (χ4n) is 2.48. The van der Waals surface area contributed by atoms with Crippen molar-refractivity contribution in [2.45, 2.75) is 53.4 Å². The Morgan fingerprint density at radius 1 is 1.00 bits per heavy atom. The smallest absolute Gasteiger partial charge is 0.309 e. The van der Waals surface area contributed by atoms with Crippen LogP contribution in [0.25, 0.3) is 0 Å². The minimum absolute atomic E-state index is 0.302. The van der Waals surface area contributed by atoms with Crippen LogP contribution in [-0.2, 0) is 10.2 Å². The Morgan fingerprint density at radius 2 is 1.41 bits per heavy atom. The van der Waals surface area contributed by atoms with Crippen LogP contribution in [0.4, 0.5) is 0 Å². The van der Waals surface area contributed by atoms with Gasteiger partial charge in [0.15, 0.2) is 0 Å². The van der Waals surface area contributed by atoms with E-state index in [0.717, 1.165) is 5.56 Å². The standard InChI is InChI=1S/C16H24O4.C2H6/c1-15(2,10-16(3,4)14(17)18)11-7-12(19-5)9-13(8-11)20-6;1-2/h7-9H,10H2,1-6H3,(H,17,18);1-2H3. The Hall–Kier alpha value is -1.71. The maximum atomic E-state index is 11.3. The summed E-state index contributed by atoms with van der Waals surface area (Å²) < 4.78 is 10.5. The van der Waals surface area contributed by atoms with Crippen molar-refractivity contribution >= 4 is 5.97 Å². The molecule has 0 aliphatic rings. The highest BCUT2D eigenvalue weighted by Gasteiger charge is 2.36. The Bertz CT molecular complexity index is 468. The van der Waals surface area contributed by atoms with Crippen LogP contribution in [-0.4, -0.2) is 25.3 Å². The predicted octanol–water partition coefficient (Wildman–Crippen LogP) is 4.51. The molecule has 4 nitrogen and oxygen atoms in total. The van der Waals surface area contributed by atoms with Gasteiger partial charge in [0.2, 0.25) is 0 Å². The molecule has 1 rings (SSSR count). The summed E-state index contributed by atoms with van der Waals surface area (Å²) in [5.74, 6) is 0.626. The first-order valence-electron chi connectivity index (χ1n) is 7.59. The van der Waals surface area contributed by atoms with Gasteiger partial charge < -0.3 is 14.6 Å². The average Bonchev–Trinajstić information content (AvgIpc) is 2.47. The molecule has 0 fully saturated rings. The lowest BCUT2D eigenvalue weighted by Gasteiger charge is -2.33. The van der Waals surface area contributed by atoms with E-state index in [1.807, 2.05) is 45.9 Å². The third-order valence-electron chi connectivity index (χ3n) is 3.60. The van der Waals surface area contributed by atoms with Crippen LogP contribution in [0.3, 0.4) is 0 Å². The molecule has 22 heavy (non-hydrogen) atoms. The van der Waals surface area contributed by atoms with Crippen LogP contribution in [0, 0.1) is 5.41 Å². The maximum absolute atomic E-state index is 11.3. The number of aliphatic carboxylic acids is 1. The normalized spacial score (nSPS) is 11.3. The summed E-state index contributed by atoms with van der Waals surface area (Å²) in [6.07, 6.45) is 0.519. The van der Waals surface area contributed by atoms with Gasteiger partial charge in [0.1, 0.15) is 11.5 Å². The summed E-state index contributed by atoms with van der Waals surface area (Å²) in [5, 5.41) is 9.30. The molecule has 0 aliphatic heterocycles. The Morgan fingerprint density at radius 3 is 1.73 bits per heavy atom. The summed E-state index contributed by atoms with van der Waals surface area (Å²) >= 11 is 0. The van der Waals surface area contributed by atoms with Gasteiger partial charge in [-0.25, -0.2) is 0 Å². The fraction of sp³-hybridized carbons (Fsp3) is 0.611. The lowest BCUT2D eigenvalue weighted by atomic mass is 9.71. The summed E-state index contributed by atoms with van der Waals surface area (Å²) in [5.41, 5.74) is -0.0909. The summed E-state index contributed by atoms with van der Waals surface area (Å²) in [6, 6.07) is 5.67. The van der Waals surface area contributed by atoms with E-state index in [0.29, 0.717) is 17.9 Å². The minimum Gasteiger partial charge on any atom is -0.497 e. The van der Waals surface area contributed by atoms with E-state index in [-0.39, 0.29) is 5.41 Å². The Balaban J connectivity index is 0.00000211. The average molecular weight is 310 g/mol. The van der Waals surface area contributed by atoms with Gasteiger partial charge in [0, 0.05) is 6.07 Å². The molecule has 0 unspecified atom stereocenters. The summed E-state index contributed by atoms with van der Waals surface area (Å²) in [7, 11) is 3.21. The fourth-order valence-corrected chi connectivity index (χ4v) is 2.48. The van der Waals surface area contributed by atoms with Crippen LogP contribution in [0.2, 0.25) is 0 Å². The zero-order valence-electron chi connectivity index (χ0n) is 15.1. The van der Waals surface area contributed by atoms with E-state index < -0.39 is 11.4 Å². The number of methoxy groups -OCH3 is 2. The quantitative estimate of drug-likeness (QED) is 0.840. The number of rotatable bonds is 6. The van der Waals surface area contributed by atoms with Gasteiger partial charge in [0.05, 0.1) is 19.6 Å². The van der Waals surface area contributed by atoms with E-state index >= 15 is 0 Å². The second kappa shape index (κ2) is 8.06. The molecule has 4 heteroatoms. The van der Waals surface area contributed by atoms with Gasteiger partial charge >= 0.3 is 5.97 Å². The number of ether oxygens (including phenoxy) is 2.